The topological polar surface area (TPSA) is 35.5 Å². The van der Waals surface area contributed by atoms with Crippen molar-refractivity contribution in [1.82, 2.24) is 0 Å². The quantitative estimate of drug-likeness (QED) is 0.402. The van der Waals surface area contributed by atoms with Crippen LogP contribution in [0.4, 0.5) is 8.78 Å². The van der Waals surface area contributed by atoms with E-state index in [1.807, 2.05) is 6.07 Å². The number of alkyl halides is 3. The summed E-state index contributed by atoms with van der Waals surface area (Å²) in [5, 5.41) is 0. The Balaban J connectivity index is 2.15. The van der Waals surface area contributed by atoms with Crippen molar-refractivity contribution >= 4 is 23.5 Å². The number of hydrogen-bond donors (Lipinski definition) is 0. The Morgan fingerprint density at radius 1 is 1.25 bits per heavy atom. The van der Waals surface area contributed by atoms with E-state index in [9.17, 15) is 13.6 Å². The molecule has 0 fully saturated rings. The SMILES string of the molecule is COc1ccc(/C=C/C(=O)c2cccc(OC(F)F)c2)cc1CCl. The minimum Gasteiger partial charge on any atom is -0.496 e. The molecule has 0 N–H and O–H groups in total. The highest BCUT2D eigenvalue weighted by Crippen LogP contribution is 2.22. The summed E-state index contributed by atoms with van der Waals surface area (Å²) in [7, 11) is 1.55. The van der Waals surface area contributed by atoms with Gasteiger partial charge in [0.2, 0.25) is 0 Å². The Morgan fingerprint density at radius 3 is 2.71 bits per heavy atom. The molecule has 24 heavy (non-hydrogen) atoms. The van der Waals surface area contributed by atoms with Crippen LogP contribution >= 0.6 is 11.6 Å². The van der Waals surface area contributed by atoms with Gasteiger partial charge in [0.25, 0.3) is 0 Å². The largest absolute Gasteiger partial charge is 0.496 e. The summed E-state index contributed by atoms with van der Waals surface area (Å²) in [5.74, 6) is 0.577. The molecule has 0 bridgehead atoms. The average Bonchev–Trinajstić information content (AvgIpc) is 2.59. The summed E-state index contributed by atoms with van der Waals surface area (Å²) in [4.78, 5) is 12.2. The van der Waals surface area contributed by atoms with Crippen molar-refractivity contribution in [3.05, 3.63) is 65.2 Å². The van der Waals surface area contributed by atoms with Crippen LogP contribution in [0.25, 0.3) is 6.08 Å². The number of rotatable bonds is 7. The van der Waals surface area contributed by atoms with Gasteiger partial charge in [-0.15, -0.1) is 11.6 Å². The van der Waals surface area contributed by atoms with E-state index in [-0.39, 0.29) is 23.0 Å². The molecule has 0 aliphatic carbocycles. The summed E-state index contributed by atoms with van der Waals surface area (Å²) < 4.78 is 33.9. The molecule has 0 saturated heterocycles. The third kappa shape index (κ3) is 4.80. The first-order valence-corrected chi connectivity index (χ1v) is 7.57. The molecule has 0 heterocycles. The fraction of sp³-hybridized carbons (Fsp3) is 0.167. The summed E-state index contributed by atoms with van der Waals surface area (Å²) in [5.41, 5.74) is 1.84. The molecule has 0 aliphatic heterocycles. The minimum absolute atomic E-state index is 0.0573. The van der Waals surface area contributed by atoms with Crippen molar-refractivity contribution in [3.63, 3.8) is 0 Å². The van der Waals surface area contributed by atoms with Gasteiger partial charge in [-0.3, -0.25) is 4.79 Å². The second-order valence-corrected chi connectivity index (χ2v) is 5.08. The van der Waals surface area contributed by atoms with E-state index in [2.05, 4.69) is 4.74 Å². The molecule has 0 saturated carbocycles. The van der Waals surface area contributed by atoms with E-state index in [0.717, 1.165) is 11.1 Å². The van der Waals surface area contributed by atoms with Crippen molar-refractivity contribution in [3.8, 4) is 11.5 Å². The molecule has 2 rings (SSSR count). The maximum Gasteiger partial charge on any atom is 0.387 e. The first-order chi connectivity index (χ1) is 11.5. The molecule has 2 aromatic carbocycles. The van der Waals surface area contributed by atoms with Gasteiger partial charge in [-0.05, 0) is 35.9 Å². The Hall–Kier alpha value is -2.40. The van der Waals surface area contributed by atoms with Crippen LogP contribution in [0.5, 0.6) is 11.5 Å². The highest BCUT2D eigenvalue weighted by Gasteiger charge is 2.08. The van der Waals surface area contributed by atoms with Crippen molar-refractivity contribution in [2.75, 3.05) is 7.11 Å². The van der Waals surface area contributed by atoms with E-state index in [0.29, 0.717) is 5.75 Å². The van der Waals surface area contributed by atoms with Crippen LogP contribution in [0.2, 0.25) is 0 Å². The Kier molecular flexibility index (Phi) is 6.32. The zero-order valence-electron chi connectivity index (χ0n) is 12.8. The summed E-state index contributed by atoms with van der Waals surface area (Å²) >= 11 is 5.85. The molecule has 6 heteroatoms. The fourth-order valence-electron chi connectivity index (χ4n) is 2.10. The first-order valence-electron chi connectivity index (χ1n) is 7.03. The molecule has 0 amide bonds. The number of halogens is 3. The molecule has 0 aromatic heterocycles. The maximum absolute atomic E-state index is 12.2. The lowest BCUT2D eigenvalue weighted by Gasteiger charge is -2.06. The third-order valence-electron chi connectivity index (χ3n) is 3.22. The van der Waals surface area contributed by atoms with E-state index < -0.39 is 6.61 Å². The number of ether oxygens (including phenoxy) is 2. The molecular formula is C18H15ClF2O3. The number of benzene rings is 2. The van der Waals surface area contributed by atoms with Crippen molar-refractivity contribution in [1.29, 1.82) is 0 Å². The smallest absolute Gasteiger partial charge is 0.387 e. The first kappa shape index (κ1) is 17.9. The lowest BCUT2D eigenvalue weighted by atomic mass is 10.1. The van der Waals surface area contributed by atoms with Gasteiger partial charge in [-0.1, -0.05) is 24.3 Å². The van der Waals surface area contributed by atoms with Crippen LogP contribution in [0.1, 0.15) is 21.5 Å². The molecule has 0 aliphatic rings. The summed E-state index contributed by atoms with van der Waals surface area (Å²) in [6.07, 6.45) is 2.99. The van der Waals surface area contributed by atoms with Gasteiger partial charge in [-0.2, -0.15) is 8.78 Å². The van der Waals surface area contributed by atoms with Gasteiger partial charge in [-0.25, -0.2) is 0 Å². The zero-order valence-corrected chi connectivity index (χ0v) is 13.6. The number of carbonyl (C=O) groups is 1. The second kappa shape index (κ2) is 8.45. The van der Waals surface area contributed by atoms with Crippen molar-refractivity contribution < 1.29 is 23.0 Å². The number of ketones is 1. The maximum atomic E-state index is 12.2. The summed E-state index contributed by atoms with van der Waals surface area (Å²) in [6.45, 7) is -2.93. The Bertz CT molecular complexity index is 745. The van der Waals surface area contributed by atoms with Crippen LogP contribution in [-0.2, 0) is 5.88 Å². The highest BCUT2D eigenvalue weighted by atomic mass is 35.5. The van der Waals surface area contributed by atoms with Crippen LogP contribution in [0.15, 0.2) is 48.5 Å². The second-order valence-electron chi connectivity index (χ2n) is 4.81. The van der Waals surface area contributed by atoms with Gasteiger partial charge < -0.3 is 9.47 Å². The molecule has 0 unspecified atom stereocenters. The number of hydrogen-bond acceptors (Lipinski definition) is 3. The van der Waals surface area contributed by atoms with E-state index in [1.54, 1.807) is 25.3 Å². The van der Waals surface area contributed by atoms with E-state index in [1.165, 1.54) is 30.3 Å². The lowest BCUT2D eigenvalue weighted by Crippen LogP contribution is -2.03. The van der Waals surface area contributed by atoms with Crippen molar-refractivity contribution in [2.45, 2.75) is 12.5 Å². The molecule has 2 aromatic rings. The molecule has 0 spiro atoms. The average molecular weight is 353 g/mol. The van der Waals surface area contributed by atoms with Gasteiger partial charge in [0.1, 0.15) is 11.5 Å². The number of methoxy groups -OCH3 is 1. The molecular weight excluding hydrogens is 338 g/mol. The predicted molar refractivity (Wildman–Crippen MR) is 89.0 cm³/mol. The van der Waals surface area contributed by atoms with Crippen LogP contribution in [0, 0.1) is 0 Å². The fourth-order valence-corrected chi connectivity index (χ4v) is 2.31. The normalized spacial score (nSPS) is 11.0. The van der Waals surface area contributed by atoms with Crippen LogP contribution in [-0.4, -0.2) is 19.5 Å². The Labute approximate surface area is 143 Å². The Morgan fingerprint density at radius 2 is 2.04 bits per heavy atom. The van der Waals surface area contributed by atoms with E-state index in [4.69, 9.17) is 16.3 Å². The number of allylic oxidation sites excluding steroid dienone is 1. The van der Waals surface area contributed by atoms with E-state index >= 15 is 0 Å². The number of carbonyl (C=O) groups excluding carboxylic acids is 1. The summed E-state index contributed by atoms with van der Waals surface area (Å²) in [6, 6.07) is 11.0. The van der Waals surface area contributed by atoms with Gasteiger partial charge in [0, 0.05) is 11.1 Å². The minimum atomic E-state index is -2.93. The molecule has 126 valence electrons. The highest BCUT2D eigenvalue weighted by molar-refractivity contribution is 6.17. The third-order valence-corrected chi connectivity index (χ3v) is 3.51. The predicted octanol–water partition coefficient (Wildman–Crippen LogP) is 4.93. The van der Waals surface area contributed by atoms with Gasteiger partial charge in [0.15, 0.2) is 5.78 Å². The van der Waals surface area contributed by atoms with Gasteiger partial charge in [0.05, 0.1) is 13.0 Å². The molecule has 3 nitrogen and oxygen atoms in total. The van der Waals surface area contributed by atoms with Gasteiger partial charge >= 0.3 is 6.61 Å². The van der Waals surface area contributed by atoms with Crippen LogP contribution in [0.3, 0.4) is 0 Å². The molecule has 0 atom stereocenters. The lowest BCUT2D eigenvalue weighted by molar-refractivity contribution is -0.0498. The van der Waals surface area contributed by atoms with Crippen LogP contribution < -0.4 is 9.47 Å². The monoisotopic (exact) mass is 352 g/mol. The van der Waals surface area contributed by atoms with Crippen molar-refractivity contribution in [2.24, 2.45) is 0 Å². The molecule has 0 radical (unpaired) electrons. The zero-order chi connectivity index (χ0) is 17.5. The standard InChI is InChI=1S/C18H15ClF2O3/c1-23-17-8-6-12(9-14(17)11-19)5-7-16(22)13-3-2-4-15(10-13)24-18(20)21/h2-10,18H,11H2,1H3/b7-5+.